The Hall–Kier alpha value is -4.42. The Kier molecular flexibility index (Phi) is 8.12. The highest BCUT2D eigenvalue weighted by molar-refractivity contribution is 6.05. The number of rotatable bonds is 8. The highest BCUT2D eigenvalue weighted by Gasteiger charge is 2.44. The van der Waals surface area contributed by atoms with E-state index in [0.717, 1.165) is 28.8 Å². The number of amides is 2. The van der Waals surface area contributed by atoms with Crippen LogP contribution in [0.1, 0.15) is 27.4 Å². The van der Waals surface area contributed by atoms with Crippen LogP contribution in [0.15, 0.2) is 65.6 Å². The topological polar surface area (TPSA) is 89.9 Å². The maximum atomic E-state index is 13.7. The number of anilines is 1. The molecule has 2 aromatic carbocycles. The van der Waals surface area contributed by atoms with Crippen LogP contribution in [-0.2, 0) is 11.3 Å². The number of alkyl halides is 5. The number of hydrogen-bond acceptors (Lipinski definition) is 5. The molecule has 40 heavy (non-hydrogen) atoms. The molecule has 212 valence electrons. The Morgan fingerprint density at radius 2 is 1.65 bits per heavy atom. The van der Waals surface area contributed by atoms with Crippen LogP contribution in [0.3, 0.4) is 0 Å². The van der Waals surface area contributed by atoms with Gasteiger partial charge >= 0.3 is 6.36 Å². The van der Waals surface area contributed by atoms with E-state index in [-0.39, 0.29) is 17.8 Å². The first-order chi connectivity index (χ1) is 18.9. The fourth-order valence-electron chi connectivity index (χ4n) is 4.55. The van der Waals surface area contributed by atoms with Gasteiger partial charge in [-0.1, -0.05) is 12.1 Å². The molecular formula is C27H24F5N3O5. The summed E-state index contributed by atoms with van der Waals surface area (Å²) in [6.45, 7) is 0.656. The second-order valence-corrected chi connectivity index (χ2v) is 9.05. The molecular weight excluding hydrogens is 541 g/mol. The molecule has 1 saturated heterocycles. The molecule has 3 aromatic rings. The van der Waals surface area contributed by atoms with Crippen molar-refractivity contribution in [2.24, 2.45) is 0 Å². The number of aromatic nitrogens is 1. The van der Waals surface area contributed by atoms with Gasteiger partial charge in [-0.3, -0.25) is 14.4 Å². The van der Waals surface area contributed by atoms with Gasteiger partial charge in [-0.05, 0) is 60.5 Å². The lowest BCUT2D eigenvalue weighted by Gasteiger charge is -2.20. The van der Waals surface area contributed by atoms with Gasteiger partial charge in [0, 0.05) is 24.2 Å². The number of methoxy groups -OCH3 is 1. The van der Waals surface area contributed by atoms with E-state index in [2.05, 4.69) is 10.1 Å². The van der Waals surface area contributed by atoms with Gasteiger partial charge < -0.3 is 24.3 Å². The molecule has 1 fully saturated rings. The van der Waals surface area contributed by atoms with E-state index in [1.807, 2.05) is 0 Å². The maximum Gasteiger partial charge on any atom is 0.573 e. The number of pyridine rings is 1. The predicted octanol–water partition coefficient (Wildman–Crippen LogP) is 4.26. The van der Waals surface area contributed by atoms with Crippen LogP contribution in [0.2, 0.25) is 0 Å². The summed E-state index contributed by atoms with van der Waals surface area (Å²) in [5.41, 5.74) is 0.0952. The standard InChI is InChI=1S/C27H24F5N3O5/c1-15-11-12-34(14-21(28)29)26(38)23(15)35-13-20(16-3-7-18(39-2)8-4-16)22(25(35)37)33-24(36)17-5-9-19(10-6-17)40-27(30,31)32/h3-12,20-22H,13-14H2,1-2H3,(H,33,36)/t20-,22?/m0/s1. The molecule has 1 aliphatic heterocycles. The summed E-state index contributed by atoms with van der Waals surface area (Å²) >= 11 is 0. The van der Waals surface area contributed by atoms with Crippen LogP contribution >= 0.6 is 0 Å². The van der Waals surface area contributed by atoms with Crippen molar-refractivity contribution in [2.45, 2.75) is 38.2 Å². The third kappa shape index (κ3) is 6.24. The zero-order chi connectivity index (χ0) is 29.2. The van der Waals surface area contributed by atoms with Gasteiger partial charge in [-0.25, -0.2) is 8.78 Å². The summed E-state index contributed by atoms with van der Waals surface area (Å²) in [5.74, 6) is -2.06. The first-order valence-electron chi connectivity index (χ1n) is 12.0. The first kappa shape index (κ1) is 28.6. The molecule has 2 atom stereocenters. The molecule has 1 N–H and O–H groups in total. The predicted molar refractivity (Wildman–Crippen MR) is 134 cm³/mol. The summed E-state index contributed by atoms with van der Waals surface area (Å²) in [4.78, 5) is 41.0. The number of nitrogens with zero attached hydrogens (tertiary/aromatic N) is 2. The van der Waals surface area contributed by atoms with Gasteiger partial charge in [0.25, 0.3) is 17.9 Å². The van der Waals surface area contributed by atoms with Gasteiger partial charge in [0.15, 0.2) is 0 Å². The number of nitrogens with one attached hydrogen (secondary N) is 1. The van der Waals surface area contributed by atoms with Crippen molar-refractivity contribution in [3.63, 3.8) is 0 Å². The number of ether oxygens (including phenoxy) is 2. The zero-order valence-electron chi connectivity index (χ0n) is 21.2. The van der Waals surface area contributed by atoms with Crippen LogP contribution in [0.4, 0.5) is 27.6 Å². The van der Waals surface area contributed by atoms with Gasteiger partial charge in [0.2, 0.25) is 5.91 Å². The largest absolute Gasteiger partial charge is 0.573 e. The van der Waals surface area contributed by atoms with E-state index in [4.69, 9.17) is 4.74 Å². The Morgan fingerprint density at radius 1 is 1.02 bits per heavy atom. The molecule has 13 heteroatoms. The maximum absolute atomic E-state index is 13.7. The highest BCUT2D eigenvalue weighted by atomic mass is 19.4. The van der Waals surface area contributed by atoms with Crippen molar-refractivity contribution in [3.8, 4) is 11.5 Å². The number of halogens is 5. The molecule has 0 bridgehead atoms. The molecule has 0 saturated carbocycles. The lowest BCUT2D eigenvalue weighted by Crippen LogP contribution is -2.44. The average molecular weight is 565 g/mol. The van der Waals surface area contributed by atoms with E-state index in [0.29, 0.717) is 16.9 Å². The summed E-state index contributed by atoms with van der Waals surface area (Å²) in [6.07, 6.45) is -6.48. The number of hydrogen-bond donors (Lipinski definition) is 1. The number of benzene rings is 2. The fourth-order valence-corrected chi connectivity index (χ4v) is 4.55. The van der Waals surface area contributed by atoms with E-state index in [1.165, 1.54) is 24.3 Å². The lowest BCUT2D eigenvalue weighted by atomic mass is 9.93. The van der Waals surface area contributed by atoms with Crippen LogP contribution in [0.25, 0.3) is 0 Å². The van der Waals surface area contributed by atoms with Gasteiger partial charge in [0.1, 0.15) is 23.2 Å². The van der Waals surface area contributed by atoms with Gasteiger partial charge in [-0.2, -0.15) is 0 Å². The molecule has 2 amide bonds. The van der Waals surface area contributed by atoms with Crippen LogP contribution in [0, 0.1) is 6.92 Å². The summed E-state index contributed by atoms with van der Waals surface area (Å²) in [7, 11) is 1.48. The van der Waals surface area contributed by atoms with Crippen molar-refractivity contribution in [1.29, 1.82) is 0 Å². The van der Waals surface area contributed by atoms with Crippen molar-refractivity contribution in [1.82, 2.24) is 9.88 Å². The number of aryl methyl sites for hydroxylation is 1. The Bertz CT molecular complexity index is 1440. The van der Waals surface area contributed by atoms with Crippen LogP contribution in [0.5, 0.6) is 11.5 Å². The van der Waals surface area contributed by atoms with Crippen molar-refractivity contribution < 1.29 is 41.0 Å². The molecule has 2 heterocycles. The molecule has 8 nitrogen and oxygen atoms in total. The fraction of sp³-hybridized carbons (Fsp3) is 0.296. The van der Waals surface area contributed by atoms with Gasteiger partial charge in [0.05, 0.1) is 13.7 Å². The molecule has 0 radical (unpaired) electrons. The zero-order valence-corrected chi connectivity index (χ0v) is 21.2. The smallest absolute Gasteiger partial charge is 0.497 e. The third-order valence-corrected chi connectivity index (χ3v) is 6.44. The minimum Gasteiger partial charge on any atom is -0.497 e. The normalized spacial score (nSPS) is 17.3. The van der Waals surface area contributed by atoms with E-state index >= 15 is 0 Å². The first-order valence-corrected chi connectivity index (χ1v) is 12.0. The van der Waals surface area contributed by atoms with Crippen molar-refractivity contribution in [2.75, 3.05) is 18.6 Å². The number of carbonyl (C=O) groups excluding carboxylic acids is 2. The SMILES string of the molecule is COc1ccc([C@@H]2CN(c3c(C)ccn(CC(F)F)c3=O)C(=O)C2NC(=O)c2ccc(OC(F)(F)F)cc2)cc1. The molecule has 1 aromatic heterocycles. The van der Waals surface area contributed by atoms with Crippen molar-refractivity contribution in [3.05, 3.63) is 87.8 Å². The molecule has 1 unspecified atom stereocenters. The molecule has 0 spiro atoms. The van der Waals surface area contributed by atoms with Crippen LogP contribution < -0.4 is 25.2 Å². The molecule has 4 rings (SSSR count). The van der Waals surface area contributed by atoms with Gasteiger partial charge in [-0.15, -0.1) is 13.2 Å². The van der Waals surface area contributed by atoms with Crippen molar-refractivity contribution >= 4 is 17.5 Å². The number of carbonyl (C=O) groups is 2. The highest BCUT2D eigenvalue weighted by Crippen LogP contribution is 2.33. The lowest BCUT2D eigenvalue weighted by molar-refractivity contribution is -0.274. The van der Waals surface area contributed by atoms with E-state index in [9.17, 15) is 36.3 Å². The minimum absolute atomic E-state index is 0.0376. The second kappa shape index (κ2) is 11.4. The van der Waals surface area contributed by atoms with E-state index < -0.39 is 54.4 Å². The Morgan fingerprint density at radius 3 is 2.23 bits per heavy atom. The summed E-state index contributed by atoms with van der Waals surface area (Å²) in [6, 6.07) is 11.1. The summed E-state index contributed by atoms with van der Waals surface area (Å²) in [5, 5.41) is 2.62. The van der Waals surface area contributed by atoms with Crippen LogP contribution in [-0.4, -0.2) is 48.9 Å². The molecule has 0 aliphatic carbocycles. The Labute approximate surface area is 224 Å². The average Bonchev–Trinajstić information content (AvgIpc) is 3.20. The van der Waals surface area contributed by atoms with E-state index in [1.54, 1.807) is 31.2 Å². The molecule has 1 aliphatic rings. The minimum atomic E-state index is -4.90. The monoisotopic (exact) mass is 565 g/mol. The third-order valence-electron chi connectivity index (χ3n) is 6.44. The quantitative estimate of drug-likeness (QED) is 0.413. The Balaban J connectivity index is 1.67. The summed E-state index contributed by atoms with van der Waals surface area (Å²) < 4.78 is 73.3. The second-order valence-electron chi connectivity index (χ2n) is 9.05.